The van der Waals surface area contributed by atoms with Crippen LogP contribution in [0.2, 0.25) is 0 Å². The zero-order valence-corrected chi connectivity index (χ0v) is 12.5. The summed E-state index contributed by atoms with van der Waals surface area (Å²) < 4.78 is 0. The van der Waals surface area contributed by atoms with Gasteiger partial charge in [0.25, 0.3) is 0 Å². The lowest BCUT2D eigenvalue weighted by molar-refractivity contribution is -0.930. The minimum atomic E-state index is -0.848. The standard InChI is InChI=1S/C17H24N2O/c1-3-17(2,20)10-7-13-19-12-5-4-9-16(19)15-8-6-11-18-14-15/h6,8,11,14,16,20H,3-5,9,12-13H2,1-2H3/p+1/t16-,17-/m1/s1. The third-order valence-electron chi connectivity index (χ3n) is 4.18. The lowest BCUT2D eigenvalue weighted by atomic mass is 9.96. The fraction of sp³-hybridized carbons (Fsp3) is 0.588. The van der Waals surface area contributed by atoms with E-state index in [-0.39, 0.29) is 0 Å². The highest BCUT2D eigenvalue weighted by Crippen LogP contribution is 2.18. The highest BCUT2D eigenvalue weighted by molar-refractivity contribution is 5.13. The number of hydrogen-bond acceptors (Lipinski definition) is 2. The van der Waals surface area contributed by atoms with Crippen molar-refractivity contribution in [1.29, 1.82) is 0 Å². The van der Waals surface area contributed by atoms with Gasteiger partial charge in [-0.2, -0.15) is 0 Å². The molecule has 3 atom stereocenters. The number of nitrogens with zero attached hydrogens (tertiary/aromatic N) is 1. The molecule has 3 heteroatoms. The third kappa shape index (κ3) is 4.06. The van der Waals surface area contributed by atoms with Gasteiger partial charge in [0, 0.05) is 24.4 Å². The fourth-order valence-corrected chi connectivity index (χ4v) is 2.71. The maximum absolute atomic E-state index is 9.94. The van der Waals surface area contributed by atoms with Gasteiger partial charge in [-0.3, -0.25) is 4.98 Å². The second-order valence-electron chi connectivity index (χ2n) is 5.85. The normalized spacial score (nSPS) is 25.4. The van der Waals surface area contributed by atoms with Crippen LogP contribution >= 0.6 is 0 Å². The first-order valence-electron chi connectivity index (χ1n) is 7.59. The van der Waals surface area contributed by atoms with Crippen LogP contribution in [-0.2, 0) is 0 Å². The molecule has 2 N–H and O–H groups in total. The van der Waals surface area contributed by atoms with Crippen molar-refractivity contribution >= 4 is 0 Å². The highest BCUT2D eigenvalue weighted by Gasteiger charge is 2.27. The second kappa shape index (κ2) is 6.88. The molecule has 2 rings (SSSR count). The molecule has 2 heterocycles. The minimum Gasteiger partial charge on any atom is -0.378 e. The number of aliphatic hydroxyl groups is 1. The van der Waals surface area contributed by atoms with E-state index in [0.717, 1.165) is 13.1 Å². The molecule has 108 valence electrons. The first-order valence-corrected chi connectivity index (χ1v) is 7.59. The third-order valence-corrected chi connectivity index (χ3v) is 4.18. The summed E-state index contributed by atoms with van der Waals surface area (Å²) in [4.78, 5) is 5.74. The molecule has 0 aromatic carbocycles. The van der Waals surface area contributed by atoms with Crippen molar-refractivity contribution in [3.05, 3.63) is 30.1 Å². The lowest BCUT2D eigenvalue weighted by Gasteiger charge is -2.31. The van der Waals surface area contributed by atoms with Gasteiger partial charge in [0.15, 0.2) is 0 Å². The summed E-state index contributed by atoms with van der Waals surface area (Å²) >= 11 is 0. The van der Waals surface area contributed by atoms with Gasteiger partial charge in [0.2, 0.25) is 0 Å². The molecule has 0 bridgehead atoms. The average molecular weight is 273 g/mol. The number of nitrogens with one attached hydrogen (secondary N) is 1. The maximum atomic E-state index is 9.94. The number of likely N-dealkylation sites (tertiary alicyclic amines) is 1. The van der Waals surface area contributed by atoms with Crippen molar-refractivity contribution in [2.45, 2.75) is 51.2 Å². The molecule has 0 radical (unpaired) electrons. The Bertz CT molecular complexity index is 473. The molecule has 0 spiro atoms. The molecule has 1 aromatic heterocycles. The topological polar surface area (TPSA) is 37.6 Å². The number of aromatic nitrogens is 1. The predicted octanol–water partition coefficient (Wildman–Crippen LogP) is 1.36. The summed E-state index contributed by atoms with van der Waals surface area (Å²) in [5.41, 5.74) is 0.463. The van der Waals surface area contributed by atoms with Crippen molar-refractivity contribution in [3.63, 3.8) is 0 Å². The molecule has 0 aliphatic carbocycles. The Morgan fingerprint density at radius 1 is 1.50 bits per heavy atom. The predicted molar refractivity (Wildman–Crippen MR) is 80.2 cm³/mol. The molecule has 1 aliphatic heterocycles. The van der Waals surface area contributed by atoms with Gasteiger partial charge in [-0.1, -0.05) is 18.9 Å². The molecular formula is C17H25N2O+. The molecule has 3 nitrogen and oxygen atoms in total. The minimum absolute atomic E-state index is 0.498. The molecule has 1 aliphatic rings. The van der Waals surface area contributed by atoms with Crippen LogP contribution in [0, 0.1) is 11.8 Å². The summed E-state index contributed by atoms with van der Waals surface area (Å²) in [5, 5.41) is 9.94. The number of pyridine rings is 1. The lowest BCUT2D eigenvalue weighted by Crippen LogP contribution is -3.13. The summed E-state index contributed by atoms with van der Waals surface area (Å²) in [7, 11) is 0. The molecule has 20 heavy (non-hydrogen) atoms. The Kier molecular flexibility index (Phi) is 5.17. The Morgan fingerprint density at radius 3 is 3.05 bits per heavy atom. The Morgan fingerprint density at radius 2 is 2.35 bits per heavy atom. The Hall–Kier alpha value is -1.37. The molecule has 1 aromatic rings. The van der Waals surface area contributed by atoms with E-state index in [1.807, 2.05) is 25.4 Å². The van der Waals surface area contributed by atoms with Crippen molar-refractivity contribution in [1.82, 2.24) is 4.98 Å². The zero-order chi connectivity index (χ0) is 14.4. The number of piperidine rings is 1. The van der Waals surface area contributed by atoms with Gasteiger partial charge in [-0.25, -0.2) is 0 Å². The summed E-state index contributed by atoms with van der Waals surface area (Å²) in [6.45, 7) is 5.70. The van der Waals surface area contributed by atoms with Crippen LogP contribution in [0.4, 0.5) is 0 Å². The van der Waals surface area contributed by atoms with Crippen LogP contribution < -0.4 is 4.90 Å². The van der Waals surface area contributed by atoms with Crippen LogP contribution in [0.25, 0.3) is 0 Å². The van der Waals surface area contributed by atoms with E-state index in [9.17, 15) is 5.11 Å². The van der Waals surface area contributed by atoms with E-state index >= 15 is 0 Å². The van der Waals surface area contributed by atoms with E-state index in [2.05, 4.69) is 22.9 Å². The van der Waals surface area contributed by atoms with Gasteiger partial charge in [0.1, 0.15) is 18.2 Å². The highest BCUT2D eigenvalue weighted by atomic mass is 16.3. The van der Waals surface area contributed by atoms with E-state index in [0.29, 0.717) is 12.5 Å². The van der Waals surface area contributed by atoms with Crippen LogP contribution in [0.1, 0.15) is 51.1 Å². The fourth-order valence-electron chi connectivity index (χ4n) is 2.71. The first-order chi connectivity index (χ1) is 9.62. The molecule has 1 fully saturated rings. The van der Waals surface area contributed by atoms with Crippen LogP contribution in [0.15, 0.2) is 24.5 Å². The molecule has 0 saturated carbocycles. The Labute approximate surface area is 122 Å². The zero-order valence-electron chi connectivity index (χ0n) is 12.5. The van der Waals surface area contributed by atoms with Crippen LogP contribution in [0.5, 0.6) is 0 Å². The van der Waals surface area contributed by atoms with Crippen LogP contribution in [-0.4, -0.2) is 28.8 Å². The monoisotopic (exact) mass is 273 g/mol. The quantitative estimate of drug-likeness (QED) is 0.816. The SMILES string of the molecule is CC[C@@](C)(O)C#CC[NH+]1CCCC[C@@H]1c1cccnc1. The van der Waals surface area contributed by atoms with Gasteiger partial charge < -0.3 is 10.0 Å². The van der Waals surface area contributed by atoms with Crippen molar-refractivity contribution in [2.24, 2.45) is 0 Å². The number of hydrogen-bond donors (Lipinski definition) is 2. The molecule has 0 amide bonds. The summed E-state index contributed by atoms with van der Waals surface area (Å²) in [6.07, 6.45) is 8.21. The van der Waals surface area contributed by atoms with Crippen LogP contribution in [0.3, 0.4) is 0 Å². The number of quaternary nitrogens is 1. The van der Waals surface area contributed by atoms with E-state index in [4.69, 9.17) is 0 Å². The van der Waals surface area contributed by atoms with Gasteiger partial charge in [0.05, 0.1) is 6.54 Å². The summed E-state index contributed by atoms with van der Waals surface area (Å²) in [5.74, 6) is 6.19. The second-order valence-corrected chi connectivity index (χ2v) is 5.85. The first kappa shape index (κ1) is 15.0. The molecule has 1 saturated heterocycles. The van der Waals surface area contributed by atoms with E-state index < -0.39 is 5.60 Å². The van der Waals surface area contributed by atoms with E-state index in [1.165, 1.54) is 29.7 Å². The van der Waals surface area contributed by atoms with Crippen molar-refractivity contribution < 1.29 is 10.0 Å². The molecular weight excluding hydrogens is 248 g/mol. The average Bonchev–Trinajstić information content (AvgIpc) is 2.48. The largest absolute Gasteiger partial charge is 0.378 e. The number of rotatable bonds is 3. The van der Waals surface area contributed by atoms with Crippen molar-refractivity contribution in [3.8, 4) is 11.8 Å². The smallest absolute Gasteiger partial charge is 0.139 e. The van der Waals surface area contributed by atoms with Gasteiger partial charge >= 0.3 is 0 Å². The van der Waals surface area contributed by atoms with Gasteiger partial charge in [-0.15, -0.1) is 0 Å². The Balaban J connectivity index is 2.05. The maximum Gasteiger partial charge on any atom is 0.139 e. The van der Waals surface area contributed by atoms with Gasteiger partial charge in [-0.05, 0) is 38.2 Å². The summed E-state index contributed by atoms with van der Waals surface area (Å²) in [6, 6.07) is 4.67. The van der Waals surface area contributed by atoms with Crippen molar-refractivity contribution in [2.75, 3.05) is 13.1 Å². The molecule has 1 unspecified atom stereocenters. The van der Waals surface area contributed by atoms with E-state index in [1.54, 1.807) is 6.92 Å².